The van der Waals surface area contributed by atoms with Crippen LogP contribution in [-0.2, 0) is 6.42 Å². The maximum Gasteiger partial charge on any atom is 0.113 e. The summed E-state index contributed by atoms with van der Waals surface area (Å²) >= 11 is 0. The molecule has 4 nitrogen and oxygen atoms in total. The Hall–Kier alpha value is -2.03. The van der Waals surface area contributed by atoms with Gasteiger partial charge in [-0.05, 0) is 48.6 Å². The summed E-state index contributed by atoms with van der Waals surface area (Å²) in [5, 5.41) is 4.98. The zero-order chi connectivity index (χ0) is 17.8. The molecule has 3 heterocycles. The van der Waals surface area contributed by atoms with Crippen molar-refractivity contribution in [2.24, 2.45) is 0 Å². The average Bonchev–Trinajstić information content (AvgIpc) is 3.05. The molecule has 28 heavy (non-hydrogen) atoms. The monoisotopic (exact) mass is 416 g/mol. The Balaban J connectivity index is 0.00000140. The Morgan fingerprint density at radius 1 is 1.21 bits per heavy atom. The molecule has 0 radical (unpaired) electrons. The van der Waals surface area contributed by atoms with Gasteiger partial charge in [0.05, 0.1) is 6.54 Å². The number of para-hydroxylation sites is 1. The van der Waals surface area contributed by atoms with Gasteiger partial charge in [0.2, 0.25) is 0 Å². The second-order valence-electron chi connectivity index (χ2n) is 6.97. The topological polar surface area (TPSA) is 44.0 Å². The van der Waals surface area contributed by atoms with Crippen LogP contribution in [-0.4, -0.2) is 47.1 Å². The third-order valence-electron chi connectivity index (χ3n) is 4.92. The first-order chi connectivity index (χ1) is 12.8. The molecule has 3 aromatic rings. The van der Waals surface area contributed by atoms with E-state index in [2.05, 4.69) is 69.4 Å². The lowest BCUT2D eigenvalue weighted by molar-refractivity contribution is 0.220. The van der Waals surface area contributed by atoms with E-state index in [9.17, 15) is 0 Å². The number of rotatable bonds is 3. The molecule has 1 saturated heterocycles. The van der Waals surface area contributed by atoms with Gasteiger partial charge in [-0.3, -0.25) is 4.90 Å². The van der Waals surface area contributed by atoms with Gasteiger partial charge >= 0.3 is 0 Å². The summed E-state index contributed by atoms with van der Waals surface area (Å²) in [4.78, 5) is 10.1. The lowest BCUT2D eigenvalue weighted by Gasteiger charge is -2.32. The molecule has 0 amide bonds. The van der Waals surface area contributed by atoms with Crippen molar-refractivity contribution in [2.75, 3.05) is 26.2 Å². The molecule has 6 heteroatoms. The van der Waals surface area contributed by atoms with E-state index in [1.54, 1.807) is 0 Å². The first-order valence-electron chi connectivity index (χ1n) is 9.20. The van der Waals surface area contributed by atoms with Crippen LogP contribution >= 0.6 is 24.8 Å². The van der Waals surface area contributed by atoms with Crippen molar-refractivity contribution in [3.63, 3.8) is 0 Å². The number of aromatic nitrogens is 2. The Labute approximate surface area is 178 Å². The smallest absolute Gasteiger partial charge is 0.113 e. The van der Waals surface area contributed by atoms with Gasteiger partial charge in [0.1, 0.15) is 5.69 Å². The van der Waals surface area contributed by atoms with Crippen molar-refractivity contribution < 1.29 is 0 Å². The van der Waals surface area contributed by atoms with Crippen molar-refractivity contribution >= 4 is 35.7 Å². The first kappa shape index (κ1) is 22.3. The van der Waals surface area contributed by atoms with E-state index in [1.165, 1.54) is 22.0 Å². The van der Waals surface area contributed by atoms with E-state index < -0.39 is 0 Å². The number of benzene rings is 1. The van der Waals surface area contributed by atoms with E-state index in [0.717, 1.165) is 38.3 Å². The van der Waals surface area contributed by atoms with Gasteiger partial charge < -0.3 is 10.3 Å². The number of nitrogens with one attached hydrogen (secondary N) is 2. The predicted octanol–water partition coefficient (Wildman–Crippen LogP) is 3.58. The van der Waals surface area contributed by atoms with Crippen LogP contribution in [0.2, 0.25) is 0 Å². The number of nitrogens with zero attached hydrogens (tertiary/aromatic N) is 2. The zero-order valence-corrected chi connectivity index (χ0v) is 17.6. The van der Waals surface area contributed by atoms with E-state index in [0.29, 0.717) is 6.04 Å². The van der Waals surface area contributed by atoms with Crippen molar-refractivity contribution in [3.8, 4) is 11.8 Å². The number of hydrogen-bond acceptors (Lipinski definition) is 3. The number of hydrogen-bond donors (Lipinski definition) is 2. The van der Waals surface area contributed by atoms with Crippen LogP contribution < -0.4 is 5.32 Å². The molecule has 0 aliphatic carbocycles. The standard InChI is InChI=1S/C22H24N4.2ClH/c1-17-8-9-23-19(13-17)5-4-11-26-12-10-24-20(16-26)14-18-15-25-22-7-3-2-6-21(18)22;;/h2-3,6-9,13,15,20,24-25H,10-12,14,16H2,1H3;2*1H. The SMILES string of the molecule is Cc1ccnc(C#CCN2CCNC(Cc3c[nH]c4ccccc34)C2)c1.Cl.Cl. The Morgan fingerprint density at radius 3 is 2.93 bits per heavy atom. The fourth-order valence-electron chi connectivity index (χ4n) is 3.59. The maximum absolute atomic E-state index is 4.31. The maximum atomic E-state index is 4.31. The third kappa shape index (κ3) is 5.50. The third-order valence-corrected chi connectivity index (χ3v) is 4.92. The molecule has 4 rings (SSSR count). The van der Waals surface area contributed by atoms with Gasteiger partial charge in [-0.15, -0.1) is 24.8 Å². The summed E-state index contributed by atoms with van der Waals surface area (Å²) in [6, 6.07) is 13.0. The Kier molecular flexibility index (Phi) is 8.35. The van der Waals surface area contributed by atoms with E-state index in [1.807, 2.05) is 18.3 Å². The molecule has 1 unspecified atom stereocenters. The number of aryl methyl sites for hydroxylation is 1. The number of fused-ring (bicyclic) bond motifs is 1. The van der Waals surface area contributed by atoms with Crippen molar-refractivity contribution in [1.82, 2.24) is 20.2 Å². The number of aromatic amines is 1. The summed E-state index contributed by atoms with van der Waals surface area (Å²) in [6.07, 6.45) is 5.00. The minimum atomic E-state index is 0. The number of halogens is 2. The van der Waals surface area contributed by atoms with Crippen LogP contribution in [0.1, 0.15) is 16.8 Å². The molecular formula is C22H26Cl2N4. The Bertz CT molecular complexity index is 958. The summed E-state index contributed by atoms with van der Waals surface area (Å²) in [6.45, 7) is 5.94. The lowest BCUT2D eigenvalue weighted by Crippen LogP contribution is -2.51. The molecule has 0 bridgehead atoms. The molecule has 1 aliphatic heterocycles. The van der Waals surface area contributed by atoms with Gasteiger partial charge in [-0.2, -0.15) is 0 Å². The van der Waals surface area contributed by atoms with Crippen LogP contribution in [0.5, 0.6) is 0 Å². The highest BCUT2D eigenvalue weighted by Gasteiger charge is 2.19. The molecule has 2 aromatic heterocycles. The average molecular weight is 417 g/mol. The summed E-state index contributed by atoms with van der Waals surface area (Å²) < 4.78 is 0. The van der Waals surface area contributed by atoms with E-state index >= 15 is 0 Å². The normalized spacial score (nSPS) is 16.5. The van der Waals surface area contributed by atoms with Crippen molar-refractivity contribution in [3.05, 3.63) is 65.6 Å². The second-order valence-corrected chi connectivity index (χ2v) is 6.97. The van der Waals surface area contributed by atoms with Crippen LogP contribution in [0, 0.1) is 18.8 Å². The first-order valence-corrected chi connectivity index (χ1v) is 9.20. The largest absolute Gasteiger partial charge is 0.361 e. The number of piperazine rings is 1. The van der Waals surface area contributed by atoms with Crippen LogP contribution in [0.4, 0.5) is 0 Å². The number of H-pyrrole nitrogens is 1. The molecule has 1 aromatic carbocycles. The molecule has 2 N–H and O–H groups in total. The lowest BCUT2D eigenvalue weighted by atomic mass is 10.0. The van der Waals surface area contributed by atoms with Gasteiger partial charge in [-0.25, -0.2) is 4.98 Å². The highest BCUT2D eigenvalue weighted by molar-refractivity contribution is 5.85. The summed E-state index contributed by atoms with van der Waals surface area (Å²) in [5.41, 5.74) is 4.66. The van der Waals surface area contributed by atoms with Crippen LogP contribution in [0.15, 0.2) is 48.8 Å². The highest BCUT2D eigenvalue weighted by Crippen LogP contribution is 2.19. The van der Waals surface area contributed by atoms with Gasteiger partial charge in [-0.1, -0.05) is 24.1 Å². The quantitative estimate of drug-likeness (QED) is 0.641. The van der Waals surface area contributed by atoms with Crippen molar-refractivity contribution in [1.29, 1.82) is 0 Å². The van der Waals surface area contributed by atoms with Crippen LogP contribution in [0.3, 0.4) is 0 Å². The molecule has 148 valence electrons. The molecule has 1 aliphatic rings. The fourth-order valence-corrected chi connectivity index (χ4v) is 3.59. The molecule has 0 saturated carbocycles. The zero-order valence-electron chi connectivity index (χ0n) is 15.9. The predicted molar refractivity (Wildman–Crippen MR) is 121 cm³/mol. The Morgan fingerprint density at radius 2 is 2.07 bits per heavy atom. The second kappa shape index (κ2) is 10.5. The summed E-state index contributed by atoms with van der Waals surface area (Å²) in [5.74, 6) is 6.48. The minimum Gasteiger partial charge on any atom is -0.361 e. The number of pyridine rings is 1. The molecule has 1 atom stereocenters. The van der Waals surface area contributed by atoms with E-state index in [-0.39, 0.29) is 24.8 Å². The van der Waals surface area contributed by atoms with Gasteiger partial charge in [0.15, 0.2) is 0 Å². The highest BCUT2D eigenvalue weighted by atomic mass is 35.5. The van der Waals surface area contributed by atoms with Crippen molar-refractivity contribution in [2.45, 2.75) is 19.4 Å². The van der Waals surface area contributed by atoms with E-state index in [4.69, 9.17) is 0 Å². The molecular weight excluding hydrogens is 391 g/mol. The summed E-state index contributed by atoms with van der Waals surface area (Å²) in [7, 11) is 0. The van der Waals surface area contributed by atoms with Gasteiger partial charge in [0.25, 0.3) is 0 Å². The fraction of sp³-hybridized carbons (Fsp3) is 0.318. The minimum absolute atomic E-state index is 0. The van der Waals surface area contributed by atoms with Crippen LogP contribution in [0.25, 0.3) is 10.9 Å². The van der Waals surface area contributed by atoms with Gasteiger partial charge in [0, 0.05) is 49.0 Å². The molecule has 1 fully saturated rings. The molecule has 0 spiro atoms.